The van der Waals surface area contributed by atoms with Crippen LogP contribution in [0.5, 0.6) is 0 Å². The molecule has 0 saturated heterocycles. The minimum Gasteiger partial charge on any atom is -0.399 e. The van der Waals surface area contributed by atoms with Crippen LogP contribution in [0.4, 0.5) is 5.69 Å². The third kappa shape index (κ3) is 4.45. The van der Waals surface area contributed by atoms with Crippen LogP contribution in [-0.2, 0) is 0 Å². The summed E-state index contributed by atoms with van der Waals surface area (Å²) in [5.41, 5.74) is 7.93. The summed E-state index contributed by atoms with van der Waals surface area (Å²) in [5, 5.41) is 0. The minimum atomic E-state index is 0.866. The highest BCUT2D eigenvalue weighted by molar-refractivity contribution is 7.99. The van der Waals surface area contributed by atoms with Gasteiger partial charge in [0.15, 0.2) is 0 Å². The van der Waals surface area contributed by atoms with Gasteiger partial charge in [0.25, 0.3) is 0 Å². The lowest BCUT2D eigenvalue weighted by Crippen LogP contribution is -2.25. The van der Waals surface area contributed by atoms with E-state index in [0.717, 1.165) is 31.1 Å². The molecule has 0 saturated carbocycles. The molecule has 3 heteroatoms. The first-order chi connectivity index (χ1) is 7.65. The van der Waals surface area contributed by atoms with Crippen LogP contribution in [0, 0.1) is 6.92 Å². The van der Waals surface area contributed by atoms with Crippen LogP contribution in [0.1, 0.15) is 19.4 Å². The average Bonchev–Trinajstić information content (AvgIpc) is 2.23. The van der Waals surface area contributed by atoms with Gasteiger partial charge in [-0.05, 0) is 43.8 Å². The van der Waals surface area contributed by atoms with Gasteiger partial charge < -0.3 is 10.6 Å². The highest BCUT2D eigenvalue weighted by atomic mass is 32.2. The summed E-state index contributed by atoms with van der Waals surface area (Å²) in [6.45, 7) is 9.91. The van der Waals surface area contributed by atoms with Crippen molar-refractivity contribution in [1.82, 2.24) is 4.90 Å². The van der Waals surface area contributed by atoms with Crippen LogP contribution in [-0.4, -0.2) is 30.3 Å². The number of anilines is 1. The monoisotopic (exact) mass is 238 g/mol. The van der Waals surface area contributed by atoms with E-state index in [2.05, 4.69) is 37.8 Å². The number of nitrogens with two attached hydrogens (primary N) is 1. The molecule has 0 atom stereocenters. The maximum Gasteiger partial charge on any atom is 0.0327 e. The van der Waals surface area contributed by atoms with Crippen LogP contribution in [0.15, 0.2) is 23.1 Å². The Morgan fingerprint density at radius 3 is 2.44 bits per heavy atom. The molecular formula is C13H22N2S. The van der Waals surface area contributed by atoms with E-state index in [1.807, 2.05) is 17.8 Å². The molecule has 1 aromatic rings. The third-order valence-corrected chi connectivity index (χ3v) is 3.60. The van der Waals surface area contributed by atoms with Gasteiger partial charge in [-0.25, -0.2) is 0 Å². The molecule has 0 radical (unpaired) electrons. The van der Waals surface area contributed by atoms with E-state index in [0.29, 0.717) is 0 Å². The zero-order valence-electron chi connectivity index (χ0n) is 10.5. The summed E-state index contributed by atoms with van der Waals surface area (Å²) in [6, 6.07) is 6.26. The Hall–Kier alpha value is -0.670. The summed E-state index contributed by atoms with van der Waals surface area (Å²) in [7, 11) is 0. The van der Waals surface area contributed by atoms with Crippen LogP contribution in [0.2, 0.25) is 0 Å². The number of nitrogen functional groups attached to an aromatic ring is 1. The molecule has 16 heavy (non-hydrogen) atoms. The van der Waals surface area contributed by atoms with Gasteiger partial charge >= 0.3 is 0 Å². The van der Waals surface area contributed by atoms with Gasteiger partial charge in [-0.2, -0.15) is 0 Å². The van der Waals surface area contributed by atoms with Gasteiger partial charge in [0.2, 0.25) is 0 Å². The molecule has 2 nitrogen and oxygen atoms in total. The molecule has 90 valence electrons. The topological polar surface area (TPSA) is 29.3 Å². The fourth-order valence-electron chi connectivity index (χ4n) is 1.69. The Morgan fingerprint density at radius 1 is 1.19 bits per heavy atom. The molecule has 0 aliphatic rings. The number of hydrogen-bond donors (Lipinski definition) is 1. The lowest BCUT2D eigenvalue weighted by molar-refractivity contribution is 0.324. The first-order valence-electron chi connectivity index (χ1n) is 5.88. The smallest absolute Gasteiger partial charge is 0.0327 e. The van der Waals surface area contributed by atoms with Gasteiger partial charge in [-0.1, -0.05) is 13.8 Å². The third-order valence-electron chi connectivity index (χ3n) is 2.64. The normalized spacial score (nSPS) is 11.0. The molecule has 1 aromatic carbocycles. The predicted molar refractivity (Wildman–Crippen MR) is 74.1 cm³/mol. The lowest BCUT2D eigenvalue weighted by Gasteiger charge is -2.17. The molecule has 0 bridgehead atoms. The molecule has 0 aliphatic heterocycles. The van der Waals surface area contributed by atoms with Crippen molar-refractivity contribution in [1.29, 1.82) is 0 Å². The van der Waals surface area contributed by atoms with Crippen LogP contribution >= 0.6 is 11.8 Å². The van der Waals surface area contributed by atoms with Crippen molar-refractivity contribution in [3.63, 3.8) is 0 Å². The Kier molecular flexibility index (Phi) is 5.71. The highest BCUT2D eigenvalue weighted by Crippen LogP contribution is 2.22. The maximum atomic E-state index is 5.82. The van der Waals surface area contributed by atoms with E-state index in [9.17, 15) is 0 Å². The summed E-state index contributed by atoms with van der Waals surface area (Å²) >= 11 is 1.89. The number of thioether (sulfide) groups is 1. The molecule has 1 rings (SSSR count). The van der Waals surface area contributed by atoms with Crippen LogP contribution in [0.3, 0.4) is 0 Å². The van der Waals surface area contributed by atoms with Gasteiger partial charge in [0, 0.05) is 22.9 Å². The zero-order valence-corrected chi connectivity index (χ0v) is 11.3. The van der Waals surface area contributed by atoms with Crippen molar-refractivity contribution in [3.8, 4) is 0 Å². The second kappa shape index (κ2) is 6.81. The van der Waals surface area contributed by atoms with Crippen LogP contribution < -0.4 is 5.73 Å². The number of nitrogens with zero attached hydrogens (tertiary/aromatic N) is 1. The van der Waals surface area contributed by atoms with Crippen LogP contribution in [0.25, 0.3) is 0 Å². The molecule has 0 amide bonds. The van der Waals surface area contributed by atoms with Crippen molar-refractivity contribution in [2.45, 2.75) is 25.7 Å². The minimum absolute atomic E-state index is 0.866. The average molecular weight is 238 g/mol. The molecule has 0 fully saturated rings. The molecule has 0 unspecified atom stereocenters. The standard InChI is InChI=1S/C13H22N2S/c1-4-15(5-2)6-7-16-13-9-11(3)8-12(14)10-13/h8-10H,4-7,14H2,1-3H3. The molecule has 0 aromatic heterocycles. The summed E-state index contributed by atoms with van der Waals surface area (Å²) in [6.07, 6.45) is 0. The molecule has 2 N–H and O–H groups in total. The maximum absolute atomic E-state index is 5.82. The molecule has 0 spiro atoms. The van der Waals surface area contributed by atoms with E-state index >= 15 is 0 Å². The fourth-order valence-corrected chi connectivity index (χ4v) is 2.77. The van der Waals surface area contributed by atoms with Crippen molar-refractivity contribution < 1.29 is 0 Å². The van der Waals surface area contributed by atoms with Crippen molar-refractivity contribution in [3.05, 3.63) is 23.8 Å². The number of aryl methyl sites for hydroxylation is 1. The second-order valence-corrected chi connectivity index (χ2v) is 5.12. The quantitative estimate of drug-likeness (QED) is 0.610. The summed E-state index contributed by atoms with van der Waals surface area (Å²) in [5.74, 6) is 1.13. The Morgan fingerprint density at radius 2 is 1.88 bits per heavy atom. The van der Waals surface area contributed by atoms with Crippen molar-refractivity contribution in [2.24, 2.45) is 0 Å². The first-order valence-corrected chi connectivity index (χ1v) is 6.86. The Labute approximate surface area is 103 Å². The highest BCUT2D eigenvalue weighted by Gasteiger charge is 2.01. The van der Waals surface area contributed by atoms with Gasteiger partial charge in [-0.3, -0.25) is 0 Å². The SMILES string of the molecule is CCN(CC)CCSc1cc(C)cc(N)c1. The fraction of sp³-hybridized carbons (Fsp3) is 0.538. The van der Waals surface area contributed by atoms with E-state index < -0.39 is 0 Å². The molecule has 0 aliphatic carbocycles. The van der Waals surface area contributed by atoms with Gasteiger partial charge in [0.1, 0.15) is 0 Å². The Bertz CT molecular complexity index is 301. The second-order valence-electron chi connectivity index (χ2n) is 3.95. The first kappa shape index (κ1) is 13.4. The predicted octanol–water partition coefficient (Wildman–Crippen LogP) is 3.01. The number of benzene rings is 1. The zero-order chi connectivity index (χ0) is 12.0. The number of hydrogen-bond acceptors (Lipinski definition) is 3. The molecule has 0 heterocycles. The van der Waals surface area contributed by atoms with E-state index in [4.69, 9.17) is 5.73 Å². The van der Waals surface area contributed by atoms with E-state index in [1.165, 1.54) is 10.5 Å². The van der Waals surface area contributed by atoms with E-state index in [-0.39, 0.29) is 0 Å². The van der Waals surface area contributed by atoms with E-state index in [1.54, 1.807) is 0 Å². The molecular weight excluding hydrogens is 216 g/mol. The van der Waals surface area contributed by atoms with Gasteiger partial charge in [0.05, 0.1) is 0 Å². The lowest BCUT2D eigenvalue weighted by atomic mass is 10.2. The summed E-state index contributed by atoms with van der Waals surface area (Å²) in [4.78, 5) is 3.72. The van der Waals surface area contributed by atoms with Crippen molar-refractivity contribution in [2.75, 3.05) is 31.1 Å². The van der Waals surface area contributed by atoms with Crippen molar-refractivity contribution >= 4 is 17.4 Å². The number of rotatable bonds is 6. The van der Waals surface area contributed by atoms with Gasteiger partial charge in [-0.15, -0.1) is 11.8 Å². The Balaban J connectivity index is 2.42. The summed E-state index contributed by atoms with van der Waals surface area (Å²) < 4.78 is 0. The largest absolute Gasteiger partial charge is 0.399 e.